The number of aryl methyl sites for hydroxylation is 1. The maximum atomic E-state index is 13.5. The lowest BCUT2D eigenvalue weighted by molar-refractivity contribution is -0.149. The number of H-pyrrole nitrogens is 1. The minimum atomic E-state index is -3.53. The molecule has 0 saturated heterocycles. The van der Waals surface area contributed by atoms with Gasteiger partial charge >= 0.3 is 19.2 Å². The molecule has 2 N–H and O–H groups in total. The van der Waals surface area contributed by atoms with Gasteiger partial charge in [-0.1, -0.05) is 30.4 Å². The highest BCUT2D eigenvalue weighted by atomic mass is 31.2. The van der Waals surface area contributed by atoms with Crippen LogP contribution < -0.4 is 20.9 Å². The average Bonchev–Trinajstić information content (AvgIpc) is 2.69. The quantitative estimate of drug-likeness (QED) is 0.325. The van der Waals surface area contributed by atoms with Crippen molar-refractivity contribution >= 4 is 13.5 Å². The number of nitrogens with zero attached hydrogens (tertiary/aromatic N) is 1. The number of allylic oxidation sites excluding steroid dienone is 2. The zero-order chi connectivity index (χ0) is 23.0. The molecule has 31 heavy (non-hydrogen) atoms. The molecule has 1 aromatic heterocycles. The number of rotatable bonds is 10. The Hall–Kier alpha value is -2.90. The predicted octanol–water partition coefficient (Wildman–Crippen LogP) is 2.60. The molecule has 1 unspecified atom stereocenters. The first kappa shape index (κ1) is 24.4. The Morgan fingerprint density at radius 1 is 1.19 bits per heavy atom. The zero-order valence-electron chi connectivity index (χ0n) is 18.0. The summed E-state index contributed by atoms with van der Waals surface area (Å²) in [6.45, 7) is 6.79. The van der Waals surface area contributed by atoms with Gasteiger partial charge in [-0.15, -0.1) is 0 Å². The third-order valence-electron chi connectivity index (χ3n) is 4.10. The molecule has 1 aromatic carbocycles. The number of benzene rings is 1. The summed E-state index contributed by atoms with van der Waals surface area (Å²) >= 11 is 0. The first-order valence-corrected chi connectivity index (χ1v) is 11.7. The minimum Gasteiger partial charge on any atom is -0.462 e. The van der Waals surface area contributed by atoms with E-state index in [1.165, 1.54) is 10.8 Å². The largest absolute Gasteiger partial charge is 0.462 e. The molecule has 0 spiro atoms. The molecule has 2 atom stereocenters. The van der Waals surface area contributed by atoms with E-state index in [2.05, 4.69) is 10.1 Å². The lowest BCUT2D eigenvalue weighted by Gasteiger charge is -2.23. The molecule has 168 valence electrons. The summed E-state index contributed by atoms with van der Waals surface area (Å²) in [6.07, 6.45) is 4.36. The Morgan fingerprint density at radius 2 is 1.87 bits per heavy atom. The van der Waals surface area contributed by atoms with Gasteiger partial charge < -0.3 is 9.26 Å². The van der Waals surface area contributed by atoms with Crippen LogP contribution in [0.15, 0.2) is 58.3 Å². The highest BCUT2D eigenvalue weighted by Crippen LogP contribution is 2.43. The fourth-order valence-corrected chi connectivity index (χ4v) is 4.42. The number of esters is 1. The monoisotopic (exact) mass is 449 g/mol. The number of carbonyl (C=O) groups excluding carboxylic acids is 1. The van der Waals surface area contributed by atoms with E-state index in [0.29, 0.717) is 11.3 Å². The second-order valence-corrected chi connectivity index (χ2v) is 9.44. The van der Waals surface area contributed by atoms with Gasteiger partial charge in [0.15, 0.2) is 0 Å². The van der Waals surface area contributed by atoms with Crippen molar-refractivity contribution in [3.8, 4) is 5.75 Å². The topological polar surface area (TPSA) is 119 Å². The Bertz CT molecular complexity index is 1070. The molecule has 0 saturated carbocycles. The van der Waals surface area contributed by atoms with Crippen LogP contribution in [0.1, 0.15) is 26.3 Å². The predicted molar refractivity (Wildman–Crippen MR) is 119 cm³/mol. The Kier molecular flexibility index (Phi) is 8.59. The number of carbonyl (C=O) groups is 1. The Balaban J connectivity index is 2.14. The van der Waals surface area contributed by atoms with E-state index in [-0.39, 0.29) is 18.8 Å². The summed E-state index contributed by atoms with van der Waals surface area (Å²) in [4.78, 5) is 37.7. The highest BCUT2D eigenvalue weighted by molar-refractivity contribution is 7.57. The summed E-state index contributed by atoms with van der Waals surface area (Å²) < 4.78 is 25.6. The summed E-state index contributed by atoms with van der Waals surface area (Å²) in [5.41, 5.74) is -0.560. The molecule has 10 heteroatoms. The summed E-state index contributed by atoms with van der Waals surface area (Å²) in [5, 5.41) is 2.77. The summed E-state index contributed by atoms with van der Waals surface area (Å²) in [5.74, 6) is -0.144. The van der Waals surface area contributed by atoms with Gasteiger partial charge in [-0.2, -0.15) is 0 Å². The zero-order valence-corrected chi connectivity index (χ0v) is 18.9. The van der Waals surface area contributed by atoms with Crippen molar-refractivity contribution in [3.63, 3.8) is 0 Å². The number of para-hydroxylation sites is 1. The molecule has 2 aromatic rings. The van der Waals surface area contributed by atoms with E-state index in [4.69, 9.17) is 9.26 Å². The summed E-state index contributed by atoms with van der Waals surface area (Å²) in [7, 11) is -3.53. The standard InChI is InChI=1S/C21H28N3O6P/c1-15(2)29-20(26)17(4)23-31(28,30-18-10-6-5-7-11-18)13-9-8-12-24-14-16(3)19(25)22-21(24)27/h5-11,14-15,17H,12-13H2,1-4H3,(H,23,28)(H,22,25,27)/b9-8+/t17-,31?/m0/s1. The van der Waals surface area contributed by atoms with Gasteiger partial charge in [0.05, 0.1) is 12.3 Å². The van der Waals surface area contributed by atoms with E-state index in [1.54, 1.807) is 70.2 Å². The lowest BCUT2D eigenvalue weighted by Crippen LogP contribution is -2.36. The Morgan fingerprint density at radius 3 is 2.52 bits per heavy atom. The van der Waals surface area contributed by atoms with Gasteiger partial charge in [-0.3, -0.25) is 23.7 Å². The second kappa shape index (κ2) is 10.9. The van der Waals surface area contributed by atoms with Gasteiger partial charge in [0.1, 0.15) is 11.8 Å². The van der Waals surface area contributed by atoms with Crippen molar-refractivity contribution in [1.82, 2.24) is 14.6 Å². The number of nitrogens with one attached hydrogen (secondary N) is 2. The van der Waals surface area contributed by atoms with Crippen LogP contribution in [0.3, 0.4) is 0 Å². The van der Waals surface area contributed by atoms with E-state index in [1.807, 2.05) is 0 Å². The van der Waals surface area contributed by atoms with Gasteiger partial charge in [0, 0.05) is 18.3 Å². The lowest BCUT2D eigenvalue weighted by atomic mass is 10.3. The number of hydrogen-bond acceptors (Lipinski definition) is 6. The fourth-order valence-electron chi connectivity index (χ4n) is 2.61. The van der Waals surface area contributed by atoms with Crippen molar-refractivity contribution in [2.45, 2.75) is 46.4 Å². The van der Waals surface area contributed by atoms with Crippen LogP contribution in [0.2, 0.25) is 0 Å². The van der Waals surface area contributed by atoms with Crippen LogP contribution >= 0.6 is 7.52 Å². The smallest absolute Gasteiger partial charge is 0.328 e. The molecule has 0 aliphatic heterocycles. The maximum Gasteiger partial charge on any atom is 0.328 e. The van der Waals surface area contributed by atoms with E-state index >= 15 is 0 Å². The van der Waals surface area contributed by atoms with Gasteiger partial charge in [0.2, 0.25) is 0 Å². The van der Waals surface area contributed by atoms with Crippen molar-refractivity contribution in [1.29, 1.82) is 0 Å². The molecule has 0 amide bonds. The number of aromatic amines is 1. The molecule has 2 rings (SSSR count). The van der Waals surface area contributed by atoms with Crippen LogP contribution in [0, 0.1) is 6.92 Å². The molecule has 1 heterocycles. The molecule has 0 aliphatic rings. The van der Waals surface area contributed by atoms with Crippen molar-refractivity contribution in [2.75, 3.05) is 6.16 Å². The molecule has 0 aliphatic carbocycles. The van der Waals surface area contributed by atoms with Crippen LogP contribution in [0.25, 0.3) is 0 Å². The highest BCUT2D eigenvalue weighted by Gasteiger charge is 2.29. The fraction of sp³-hybridized carbons (Fsp3) is 0.381. The first-order chi connectivity index (χ1) is 14.6. The minimum absolute atomic E-state index is 0.0295. The van der Waals surface area contributed by atoms with Gasteiger partial charge in [0.25, 0.3) is 5.56 Å². The SMILES string of the molecule is Cc1cn(C/C=C/CP(=O)(N[C@@H](C)C(=O)OC(C)C)Oc2ccccc2)c(=O)[nH]c1=O. The number of aromatic nitrogens is 2. The normalized spacial score (nSPS) is 14.4. The molecule has 0 radical (unpaired) electrons. The van der Waals surface area contributed by atoms with Crippen LogP contribution in [-0.2, 0) is 20.6 Å². The Labute approximate surface area is 180 Å². The van der Waals surface area contributed by atoms with Crippen molar-refractivity contribution < 1.29 is 18.6 Å². The van der Waals surface area contributed by atoms with Gasteiger partial charge in [-0.25, -0.2) is 9.88 Å². The molecule has 0 bridgehead atoms. The van der Waals surface area contributed by atoms with Crippen molar-refractivity contribution in [2.24, 2.45) is 0 Å². The molecular formula is C21H28N3O6P. The molecular weight excluding hydrogens is 421 g/mol. The number of ether oxygens (including phenoxy) is 1. The molecule has 9 nitrogen and oxygen atoms in total. The van der Waals surface area contributed by atoms with Gasteiger partial charge in [-0.05, 0) is 39.8 Å². The van der Waals surface area contributed by atoms with Crippen LogP contribution in [0.4, 0.5) is 0 Å². The maximum absolute atomic E-state index is 13.5. The van der Waals surface area contributed by atoms with E-state index < -0.39 is 30.8 Å². The van der Waals surface area contributed by atoms with E-state index in [9.17, 15) is 18.9 Å². The molecule has 0 fully saturated rings. The van der Waals surface area contributed by atoms with E-state index in [0.717, 1.165) is 0 Å². The first-order valence-electron chi connectivity index (χ1n) is 9.87. The third kappa shape index (κ3) is 7.70. The summed E-state index contributed by atoms with van der Waals surface area (Å²) in [6, 6.07) is 7.77. The van der Waals surface area contributed by atoms with Crippen molar-refractivity contribution in [3.05, 3.63) is 75.1 Å². The third-order valence-corrected chi connectivity index (χ3v) is 6.07. The number of hydrogen-bond donors (Lipinski definition) is 2. The second-order valence-electron chi connectivity index (χ2n) is 7.29. The van der Waals surface area contributed by atoms with Crippen LogP contribution in [-0.4, -0.2) is 33.8 Å². The van der Waals surface area contributed by atoms with Crippen LogP contribution in [0.5, 0.6) is 5.75 Å². The average molecular weight is 449 g/mol.